The van der Waals surface area contributed by atoms with Crippen LogP contribution in [0.25, 0.3) is 0 Å². The second-order valence-corrected chi connectivity index (χ2v) is 4.77. The molecule has 0 unspecified atom stereocenters. The average Bonchev–Trinajstić information content (AvgIpc) is 2.37. The lowest BCUT2D eigenvalue weighted by molar-refractivity contribution is 0.0705. The summed E-state index contributed by atoms with van der Waals surface area (Å²) in [4.78, 5) is 13.9. The number of amides is 1. The van der Waals surface area contributed by atoms with Crippen molar-refractivity contribution >= 4 is 21.8 Å². The Hall–Kier alpha value is -0.940. The Bertz CT molecular complexity index is 437. The van der Waals surface area contributed by atoms with E-state index >= 15 is 0 Å². The van der Waals surface area contributed by atoms with Crippen LogP contribution in [0.3, 0.4) is 0 Å². The number of benzene rings is 1. The molecule has 1 aromatic carbocycles. The lowest BCUT2D eigenvalue weighted by Gasteiger charge is -2.21. The molecule has 18 heavy (non-hydrogen) atoms. The Kier molecular flexibility index (Phi) is 5.75. The van der Waals surface area contributed by atoms with Gasteiger partial charge in [0.25, 0.3) is 5.91 Å². The molecule has 1 amide bonds. The first-order valence-corrected chi connectivity index (χ1v) is 6.55. The van der Waals surface area contributed by atoms with Gasteiger partial charge in [0.05, 0.1) is 11.1 Å². The van der Waals surface area contributed by atoms with Crippen molar-refractivity contribution in [2.24, 2.45) is 0 Å². The summed E-state index contributed by atoms with van der Waals surface area (Å²) in [7, 11) is 1.59. The molecule has 0 aliphatic rings. The Morgan fingerprint density at radius 3 is 2.72 bits per heavy atom. The van der Waals surface area contributed by atoms with Crippen molar-refractivity contribution in [2.45, 2.75) is 13.8 Å². The second kappa shape index (κ2) is 6.85. The molecule has 3 nitrogen and oxygen atoms in total. The first-order valence-electron chi connectivity index (χ1n) is 5.75. The summed E-state index contributed by atoms with van der Waals surface area (Å²) in [5.74, 6) is -0.554. The molecular weight excluding hydrogens is 301 g/mol. The summed E-state index contributed by atoms with van der Waals surface area (Å²) in [6.07, 6.45) is 0. The number of carbonyl (C=O) groups is 1. The molecule has 0 bridgehead atoms. The van der Waals surface area contributed by atoms with Crippen molar-refractivity contribution in [2.75, 3.05) is 26.8 Å². The van der Waals surface area contributed by atoms with Crippen molar-refractivity contribution in [3.05, 3.63) is 33.5 Å². The zero-order valence-corrected chi connectivity index (χ0v) is 12.4. The van der Waals surface area contributed by atoms with E-state index in [9.17, 15) is 9.18 Å². The predicted molar refractivity (Wildman–Crippen MR) is 72.3 cm³/mol. The zero-order valence-electron chi connectivity index (χ0n) is 10.8. The van der Waals surface area contributed by atoms with Gasteiger partial charge < -0.3 is 9.64 Å². The van der Waals surface area contributed by atoms with Gasteiger partial charge in [-0.25, -0.2) is 4.39 Å². The topological polar surface area (TPSA) is 29.5 Å². The second-order valence-electron chi connectivity index (χ2n) is 3.91. The molecule has 5 heteroatoms. The van der Waals surface area contributed by atoms with Gasteiger partial charge in [-0.3, -0.25) is 4.79 Å². The summed E-state index contributed by atoms with van der Waals surface area (Å²) >= 11 is 3.11. The minimum Gasteiger partial charge on any atom is -0.383 e. The highest BCUT2D eigenvalue weighted by Crippen LogP contribution is 2.22. The predicted octanol–water partition coefficient (Wildman–Crippen LogP) is 3.01. The van der Waals surface area contributed by atoms with E-state index in [1.54, 1.807) is 31.1 Å². The van der Waals surface area contributed by atoms with E-state index in [-0.39, 0.29) is 11.7 Å². The molecular formula is C13H17BrFNO2. The zero-order chi connectivity index (χ0) is 13.7. The minimum absolute atomic E-state index is 0.168. The van der Waals surface area contributed by atoms with Gasteiger partial charge in [0.15, 0.2) is 0 Å². The number of hydrogen-bond acceptors (Lipinski definition) is 2. The van der Waals surface area contributed by atoms with Gasteiger partial charge in [-0.2, -0.15) is 0 Å². The number of ether oxygens (including phenoxy) is 1. The van der Waals surface area contributed by atoms with Crippen molar-refractivity contribution in [1.82, 2.24) is 4.90 Å². The molecule has 0 N–H and O–H groups in total. The molecule has 0 spiro atoms. The maximum absolute atomic E-state index is 13.7. The molecule has 0 saturated heterocycles. The maximum Gasteiger partial charge on any atom is 0.254 e. The monoisotopic (exact) mass is 317 g/mol. The van der Waals surface area contributed by atoms with Gasteiger partial charge in [0.2, 0.25) is 0 Å². The van der Waals surface area contributed by atoms with Crippen LogP contribution in [0.2, 0.25) is 0 Å². The number of methoxy groups -OCH3 is 1. The van der Waals surface area contributed by atoms with Crippen molar-refractivity contribution in [3.8, 4) is 0 Å². The molecule has 1 rings (SSSR count). The third-order valence-corrected chi connectivity index (χ3v) is 3.42. The van der Waals surface area contributed by atoms with Gasteiger partial charge in [0.1, 0.15) is 5.82 Å². The fourth-order valence-electron chi connectivity index (χ4n) is 1.66. The van der Waals surface area contributed by atoms with Gasteiger partial charge in [-0.1, -0.05) is 0 Å². The van der Waals surface area contributed by atoms with E-state index in [2.05, 4.69) is 15.9 Å². The number of halogens is 2. The Balaban J connectivity index is 2.98. The molecule has 0 aromatic heterocycles. The first kappa shape index (κ1) is 15.1. The molecule has 0 radical (unpaired) electrons. The number of rotatable bonds is 5. The smallest absolute Gasteiger partial charge is 0.254 e. The van der Waals surface area contributed by atoms with Gasteiger partial charge in [-0.15, -0.1) is 0 Å². The molecule has 0 saturated carbocycles. The number of nitrogens with zero attached hydrogens (tertiary/aromatic N) is 1. The standard InChI is InChI=1S/C13H17BrFNO2/c1-4-16(7-8-18-3)13(17)10-5-6-11(14)12(15)9(10)2/h5-6H,4,7-8H2,1-3H3. The highest BCUT2D eigenvalue weighted by atomic mass is 79.9. The quantitative estimate of drug-likeness (QED) is 0.835. The van der Waals surface area contributed by atoms with Crippen LogP contribution in [0.15, 0.2) is 16.6 Å². The van der Waals surface area contributed by atoms with Crippen LogP contribution in [0.1, 0.15) is 22.8 Å². The fourth-order valence-corrected chi connectivity index (χ4v) is 2.09. The summed E-state index contributed by atoms with van der Waals surface area (Å²) in [5, 5.41) is 0. The summed E-state index contributed by atoms with van der Waals surface area (Å²) in [6.45, 7) is 5.04. The molecule has 0 fully saturated rings. The molecule has 1 aromatic rings. The van der Waals surface area contributed by atoms with Crippen LogP contribution in [0.5, 0.6) is 0 Å². The number of hydrogen-bond donors (Lipinski definition) is 0. The Labute approximate surface area is 115 Å². The Morgan fingerprint density at radius 1 is 1.50 bits per heavy atom. The van der Waals surface area contributed by atoms with E-state index < -0.39 is 0 Å². The minimum atomic E-state index is -0.386. The largest absolute Gasteiger partial charge is 0.383 e. The fraction of sp³-hybridized carbons (Fsp3) is 0.462. The van der Waals surface area contributed by atoms with Crippen LogP contribution >= 0.6 is 15.9 Å². The molecule has 0 aliphatic carbocycles. The van der Waals surface area contributed by atoms with E-state index in [4.69, 9.17) is 4.74 Å². The average molecular weight is 318 g/mol. The van der Waals surface area contributed by atoms with Crippen LogP contribution in [-0.4, -0.2) is 37.6 Å². The Morgan fingerprint density at radius 2 is 2.17 bits per heavy atom. The highest BCUT2D eigenvalue weighted by Gasteiger charge is 2.18. The molecule has 100 valence electrons. The van der Waals surface area contributed by atoms with Crippen molar-refractivity contribution in [1.29, 1.82) is 0 Å². The summed E-state index contributed by atoms with van der Waals surface area (Å²) in [6, 6.07) is 3.19. The number of carbonyl (C=O) groups excluding carboxylic acids is 1. The van der Waals surface area contributed by atoms with Gasteiger partial charge in [-0.05, 0) is 47.5 Å². The van der Waals surface area contributed by atoms with Crippen LogP contribution < -0.4 is 0 Å². The van der Waals surface area contributed by atoms with E-state index in [1.165, 1.54) is 0 Å². The highest BCUT2D eigenvalue weighted by molar-refractivity contribution is 9.10. The summed E-state index contributed by atoms with van der Waals surface area (Å²) in [5.41, 5.74) is 0.763. The SMILES string of the molecule is CCN(CCOC)C(=O)c1ccc(Br)c(F)c1C. The normalized spacial score (nSPS) is 10.5. The number of likely N-dealkylation sites (N-methyl/N-ethyl adjacent to an activating group) is 1. The molecule has 0 aliphatic heterocycles. The van der Waals surface area contributed by atoms with Crippen LogP contribution in [0, 0.1) is 12.7 Å². The molecule has 0 atom stereocenters. The first-order chi connectivity index (χ1) is 8.52. The van der Waals surface area contributed by atoms with E-state index in [0.29, 0.717) is 35.3 Å². The maximum atomic E-state index is 13.7. The van der Waals surface area contributed by atoms with Crippen LogP contribution in [-0.2, 0) is 4.74 Å². The third-order valence-electron chi connectivity index (χ3n) is 2.80. The lowest BCUT2D eigenvalue weighted by Crippen LogP contribution is -2.34. The van der Waals surface area contributed by atoms with Gasteiger partial charge in [0, 0.05) is 25.8 Å². The van der Waals surface area contributed by atoms with Gasteiger partial charge >= 0.3 is 0 Å². The van der Waals surface area contributed by atoms with E-state index in [1.807, 2.05) is 6.92 Å². The van der Waals surface area contributed by atoms with Crippen LogP contribution in [0.4, 0.5) is 4.39 Å². The molecule has 0 heterocycles. The summed E-state index contributed by atoms with van der Waals surface area (Å²) < 4.78 is 19.1. The van der Waals surface area contributed by atoms with E-state index in [0.717, 1.165) is 0 Å². The lowest BCUT2D eigenvalue weighted by atomic mass is 10.1. The van der Waals surface area contributed by atoms with Crippen molar-refractivity contribution in [3.63, 3.8) is 0 Å². The van der Waals surface area contributed by atoms with Crippen molar-refractivity contribution < 1.29 is 13.9 Å². The third kappa shape index (κ3) is 3.29.